The number of hydrazine groups is 1. The number of nitrogens with zero attached hydrogens (tertiary/aromatic N) is 5. The van der Waals surface area contributed by atoms with Crippen molar-refractivity contribution in [3.63, 3.8) is 0 Å². The minimum atomic E-state index is -0.895. The van der Waals surface area contributed by atoms with Gasteiger partial charge in [0.15, 0.2) is 0 Å². The highest BCUT2D eigenvalue weighted by atomic mass is 32.1. The predicted molar refractivity (Wildman–Crippen MR) is 253 cm³/mol. The summed E-state index contributed by atoms with van der Waals surface area (Å²) in [7, 11) is 3.35. The number of fused-ring (bicyclic) bond motifs is 6. The highest BCUT2D eigenvalue weighted by Gasteiger charge is 2.38. The molecule has 4 aromatic rings. The van der Waals surface area contributed by atoms with Crippen LogP contribution in [-0.4, -0.2) is 101 Å². The smallest absolute Gasteiger partial charge is 0.324 e. The van der Waals surface area contributed by atoms with Crippen LogP contribution in [0.5, 0.6) is 0 Å². The number of ether oxygens (including phenoxy) is 3. The number of pyridine rings is 1. The summed E-state index contributed by atoms with van der Waals surface area (Å²) in [6.07, 6.45) is 5.17. The summed E-state index contributed by atoms with van der Waals surface area (Å²) < 4.78 is 19.5. The number of carbonyl (C=O) groups excluding carboxylic acids is 3. The molecule has 2 saturated heterocycles. The van der Waals surface area contributed by atoms with Crippen LogP contribution in [0.4, 0.5) is 4.79 Å². The molecule has 1 aromatic carbocycles. The van der Waals surface area contributed by atoms with Crippen molar-refractivity contribution in [3.8, 4) is 22.5 Å². The Morgan fingerprint density at radius 1 is 1.12 bits per heavy atom. The minimum absolute atomic E-state index is 0. The molecule has 2 fully saturated rings. The molecule has 326 valence electrons. The number of methoxy groups -OCH3 is 2. The van der Waals surface area contributed by atoms with Crippen LogP contribution in [0, 0.1) is 5.41 Å². The SMILES string of the molecule is CCn1c(-c2cccnc2[C@H](C)OC)c2c3cc(ccc31)-c1csc(n1)C[C@H](NC(=O)N1CC[C@H]1CCOC)C(=O)N1CCC[C@H](N1)C(=O)OCC(C)(C)C2.S.S.S.S. The molecule has 3 aliphatic heterocycles. The number of rotatable bonds is 8. The summed E-state index contributed by atoms with van der Waals surface area (Å²) in [5, 5.41) is 8.35. The van der Waals surface area contributed by atoms with Gasteiger partial charge in [0.25, 0.3) is 5.91 Å². The number of likely N-dealkylation sites (tertiary alicyclic amines) is 1. The van der Waals surface area contributed by atoms with Gasteiger partial charge in [-0.05, 0) is 75.8 Å². The molecule has 3 amide bonds. The summed E-state index contributed by atoms with van der Waals surface area (Å²) >= 11 is 1.47. The zero-order chi connectivity index (χ0) is 38.9. The molecule has 3 aliphatic rings. The van der Waals surface area contributed by atoms with Gasteiger partial charge in [-0.3, -0.25) is 19.6 Å². The average molecular weight is 908 g/mol. The van der Waals surface area contributed by atoms with Crippen LogP contribution in [0.1, 0.15) is 75.7 Å². The zero-order valence-electron chi connectivity index (χ0n) is 34.7. The van der Waals surface area contributed by atoms with Gasteiger partial charge in [-0.1, -0.05) is 19.9 Å². The Balaban J connectivity index is 0.00000233. The van der Waals surface area contributed by atoms with Crippen LogP contribution in [0.2, 0.25) is 0 Å². The number of cyclic esters (lactones) is 1. The Morgan fingerprint density at radius 2 is 1.90 bits per heavy atom. The summed E-state index contributed by atoms with van der Waals surface area (Å²) in [5.74, 6) is -0.713. The number of benzene rings is 1. The second-order valence-electron chi connectivity index (χ2n) is 15.6. The molecule has 0 aliphatic carbocycles. The maximum Gasteiger partial charge on any atom is 0.324 e. The molecule has 0 spiro atoms. The van der Waals surface area contributed by atoms with E-state index in [-0.39, 0.29) is 91.1 Å². The number of hydrogen-bond donors (Lipinski definition) is 2. The first-order valence-electron chi connectivity index (χ1n) is 19.4. The molecule has 0 saturated carbocycles. The van der Waals surface area contributed by atoms with Crippen molar-refractivity contribution in [3.05, 3.63) is 58.2 Å². The highest BCUT2D eigenvalue weighted by Crippen LogP contribution is 2.42. The highest BCUT2D eigenvalue weighted by molar-refractivity contribution is 7.59. The first-order valence-corrected chi connectivity index (χ1v) is 20.3. The van der Waals surface area contributed by atoms with E-state index >= 15 is 0 Å². The predicted octanol–water partition coefficient (Wildman–Crippen LogP) is 6.36. The standard InChI is InChI=1S/C41H53N7O6S.4H2S/c1-7-46-34-13-12-26-20-29(34)30(37(46)28-10-8-16-42-36(28)25(2)53-6)22-41(3,4)24-54-39(50)31-11-9-17-48(45-31)38(49)32(21-35-43-33(26)23-55-35)44-40(51)47-18-14-27(47)15-19-52-5;;;;/h8,10,12-13,16,20,23,25,27,31-32,45H,7,9,11,14-15,17-19,21-22,24H2,1-6H3,(H,44,51);4*1H2/t25-,27-,31-,32-;;;;/m0..../s1. The first kappa shape index (κ1) is 50.4. The van der Waals surface area contributed by atoms with Crippen molar-refractivity contribution in [2.24, 2.45) is 5.41 Å². The summed E-state index contributed by atoms with van der Waals surface area (Å²) in [4.78, 5) is 53.1. The lowest BCUT2D eigenvalue weighted by Crippen LogP contribution is -2.63. The van der Waals surface area contributed by atoms with E-state index < -0.39 is 23.5 Å². The maximum atomic E-state index is 14.2. The Hall–Kier alpha value is -2.97. The fourth-order valence-corrected chi connectivity index (χ4v) is 8.91. The Labute approximate surface area is 379 Å². The second-order valence-corrected chi connectivity index (χ2v) is 16.6. The number of carbonyl (C=O) groups is 3. The number of hydrogen-bond acceptors (Lipinski definition) is 10. The van der Waals surface area contributed by atoms with E-state index in [9.17, 15) is 14.4 Å². The lowest BCUT2D eigenvalue weighted by Gasteiger charge is -2.42. The van der Waals surface area contributed by atoms with E-state index in [0.717, 1.165) is 69.1 Å². The van der Waals surface area contributed by atoms with Crippen LogP contribution in [0.15, 0.2) is 41.9 Å². The van der Waals surface area contributed by atoms with Gasteiger partial charge in [0, 0.05) is 91.9 Å². The fourth-order valence-electron chi connectivity index (χ4n) is 8.06. The summed E-state index contributed by atoms with van der Waals surface area (Å²) in [6, 6.07) is 8.71. The van der Waals surface area contributed by atoms with Gasteiger partial charge in [0.1, 0.15) is 12.1 Å². The lowest BCUT2D eigenvalue weighted by atomic mass is 9.84. The lowest BCUT2D eigenvalue weighted by molar-refractivity contribution is -0.155. The van der Waals surface area contributed by atoms with Crippen LogP contribution in [0.3, 0.4) is 0 Å². The van der Waals surface area contributed by atoms with Gasteiger partial charge in [-0.25, -0.2) is 15.2 Å². The first-order chi connectivity index (χ1) is 26.5. The van der Waals surface area contributed by atoms with E-state index in [1.165, 1.54) is 16.3 Å². The normalized spacial score (nSPS) is 20.7. The van der Waals surface area contributed by atoms with Crippen molar-refractivity contribution in [1.82, 2.24) is 35.2 Å². The summed E-state index contributed by atoms with van der Waals surface area (Å²) in [5.41, 5.74) is 9.61. The molecule has 2 N–H and O–H groups in total. The Bertz CT molecular complexity index is 2060. The van der Waals surface area contributed by atoms with Gasteiger partial charge in [-0.15, -0.1) is 11.3 Å². The van der Waals surface area contributed by atoms with Gasteiger partial charge in [0.2, 0.25) is 0 Å². The van der Waals surface area contributed by atoms with Gasteiger partial charge >= 0.3 is 12.0 Å². The third-order valence-corrected chi connectivity index (χ3v) is 12.1. The number of amides is 3. The van der Waals surface area contributed by atoms with Gasteiger partial charge in [0.05, 0.1) is 34.8 Å². The molecule has 13 nitrogen and oxygen atoms in total. The van der Waals surface area contributed by atoms with E-state index in [1.807, 2.05) is 18.4 Å². The Morgan fingerprint density at radius 3 is 2.59 bits per heavy atom. The Kier molecular flexibility index (Phi) is 18.5. The molecule has 6 bridgehead atoms. The number of aryl methyl sites for hydroxylation is 1. The van der Waals surface area contributed by atoms with E-state index in [4.69, 9.17) is 24.2 Å². The summed E-state index contributed by atoms with van der Waals surface area (Å²) in [6.45, 7) is 10.9. The zero-order valence-corrected chi connectivity index (χ0v) is 39.5. The molecular formula is C41H61N7O6S5. The number of aromatic nitrogens is 3. The van der Waals surface area contributed by atoms with E-state index in [2.05, 4.69) is 60.3 Å². The third-order valence-electron chi connectivity index (χ3n) is 11.2. The van der Waals surface area contributed by atoms with Crippen molar-refractivity contribution in [1.29, 1.82) is 0 Å². The maximum absolute atomic E-state index is 14.2. The number of urea groups is 1. The molecule has 18 heteroatoms. The van der Waals surface area contributed by atoms with Crippen molar-refractivity contribution in [2.75, 3.05) is 40.5 Å². The number of nitrogens with one attached hydrogen (secondary N) is 2. The molecule has 59 heavy (non-hydrogen) atoms. The molecule has 0 radical (unpaired) electrons. The molecule has 3 aromatic heterocycles. The number of thiazole rings is 1. The molecular weight excluding hydrogens is 847 g/mol. The minimum Gasteiger partial charge on any atom is -0.464 e. The van der Waals surface area contributed by atoms with Gasteiger partial charge < -0.3 is 29.0 Å². The van der Waals surface area contributed by atoms with Gasteiger partial charge in [-0.2, -0.15) is 54.0 Å². The third kappa shape index (κ3) is 10.7. The van der Waals surface area contributed by atoms with E-state index in [1.54, 1.807) is 25.3 Å². The molecule has 7 rings (SSSR count). The van der Waals surface area contributed by atoms with Crippen LogP contribution >= 0.6 is 65.3 Å². The second kappa shape index (κ2) is 21.7. The van der Waals surface area contributed by atoms with Crippen LogP contribution < -0.4 is 10.7 Å². The van der Waals surface area contributed by atoms with Crippen molar-refractivity contribution in [2.45, 2.75) is 97.0 Å². The monoisotopic (exact) mass is 907 g/mol. The van der Waals surface area contributed by atoms with Crippen molar-refractivity contribution >= 4 is 94.1 Å². The number of esters is 1. The molecule has 0 unspecified atom stereocenters. The van der Waals surface area contributed by atoms with E-state index in [0.29, 0.717) is 39.0 Å². The average Bonchev–Trinajstić information content (AvgIpc) is 3.77. The largest absolute Gasteiger partial charge is 0.464 e. The fraction of sp³-hybridized carbons (Fsp3) is 0.537. The quantitative estimate of drug-likeness (QED) is 0.194. The van der Waals surface area contributed by atoms with Crippen molar-refractivity contribution < 1.29 is 28.6 Å². The molecule has 6 heterocycles. The van der Waals surface area contributed by atoms with Crippen LogP contribution in [-0.2, 0) is 43.2 Å². The molecule has 4 atom stereocenters. The van der Waals surface area contributed by atoms with Crippen LogP contribution in [0.25, 0.3) is 33.4 Å². The topological polar surface area (TPSA) is 140 Å².